The number of aliphatic hydroxyl groups is 1. The monoisotopic (exact) mass is 211 g/mol. The van der Waals surface area contributed by atoms with E-state index in [0.29, 0.717) is 5.71 Å². The first-order valence-electron chi connectivity index (χ1n) is 4.32. The molecule has 0 bridgehead atoms. The first-order chi connectivity index (χ1) is 6.45. The molecular formula is C8H12F3NO2. The zero-order chi connectivity index (χ0) is 10.8. The molecule has 0 spiro atoms. The molecule has 0 aromatic rings. The molecule has 3 nitrogen and oxygen atoms in total. The molecule has 1 aliphatic carbocycles. The van der Waals surface area contributed by atoms with Crippen molar-refractivity contribution in [1.29, 1.82) is 0 Å². The van der Waals surface area contributed by atoms with Crippen molar-refractivity contribution in [3.63, 3.8) is 0 Å². The molecule has 1 rings (SSSR count). The molecule has 2 N–H and O–H groups in total. The van der Waals surface area contributed by atoms with Crippen LogP contribution in [0.3, 0.4) is 0 Å². The summed E-state index contributed by atoms with van der Waals surface area (Å²) < 4.78 is 37.7. The quantitative estimate of drug-likeness (QED) is 0.514. The van der Waals surface area contributed by atoms with Gasteiger partial charge in [-0.2, -0.15) is 13.2 Å². The Morgan fingerprint density at radius 3 is 2.07 bits per heavy atom. The predicted molar refractivity (Wildman–Crippen MR) is 43.3 cm³/mol. The number of halogens is 3. The van der Waals surface area contributed by atoms with Crippen LogP contribution >= 0.6 is 0 Å². The van der Waals surface area contributed by atoms with Gasteiger partial charge in [-0.25, -0.2) is 0 Å². The molecule has 1 fully saturated rings. The Balaban J connectivity index is 2.76. The third-order valence-electron chi connectivity index (χ3n) is 2.83. The predicted octanol–water partition coefficient (Wildman–Crippen LogP) is 1.93. The Morgan fingerprint density at radius 2 is 1.79 bits per heavy atom. The molecule has 0 radical (unpaired) electrons. The lowest BCUT2D eigenvalue weighted by molar-refractivity contribution is -0.241. The van der Waals surface area contributed by atoms with Crippen molar-refractivity contribution in [2.45, 2.75) is 31.9 Å². The maximum absolute atomic E-state index is 12.6. The number of rotatable bonds is 1. The molecule has 0 amide bonds. The van der Waals surface area contributed by atoms with E-state index in [2.05, 4.69) is 5.16 Å². The molecule has 0 unspecified atom stereocenters. The second-order valence-corrected chi connectivity index (χ2v) is 3.60. The molecule has 0 saturated heterocycles. The lowest BCUT2D eigenvalue weighted by Crippen LogP contribution is -2.44. The van der Waals surface area contributed by atoms with E-state index in [0.717, 1.165) is 0 Å². The highest BCUT2D eigenvalue weighted by Crippen LogP contribution is 2.47. The van der Waals surface area contributed by atoms with Crippen molar-refractivity contribution < 1.29 is 23.5 Å². The van der Waals surface area contributed by atoms with Crippen LogP contribution in [0.2, 0.25) is 0 Å². The van der Waals surface area contributed by atoms with Crippen LogP contribution in [-0.2, 0) is 0 Å². The van der Waals surface area contributed by atoms with Gasteiger partial charge < -0.3 is 10.3 Å². The average Bonchev–Trinajstić information content (AvgIpc) is 2.16. The van der Waals surface area contributed by atoms with E-state index in [1.54, 1.807) is 0 Å². The fourth-order valence-electron chi connectivity index (χ4n) is 1.65. The first kappa shape index (κ1) is 11.3. The molecule has 0 heterocycles. The summed E-state index contributed by atoms with van der Waals surface area (Å²) in [6.45, 7) is -0.894. The normalized spacial score (nSPS) is 29.0. The van der Waals surface area contributed by atoms with Crippen molar-refractivity contribution >= 4 is 5.71 Å². The lowest BCUT2D eigenvalue weighted by atomic mass is 9.73. The van der Waals surface area contributed by atoms with Gasteiger partial charge in [-0.05, 0) is 25.7 Å². The van der Waals surface area contributed by atoms with Crippen molar-refractivity contribution in [3.05, 3.63) is 0 Å². The highest BCUT2D eigenvalue weighted by molar-refractivity contribution is 5.84. The second kappa shape index (κ2) is 3.76. The third kappa shape index (κ3) is 1.84. The summed E-state index contributed by atoms with van der Waals surface area (Å²) in [5.74, 6) is 0. The van der Waals surface area contributed by atoms with Crippen LogP contribution in [0.4, 0.5) is 13.2 Å². The summed E-state index contributed by atoms with van der Waals surface area (Å²) in [6.07, 6.45) is -4.60. The van der Waals surface area contributed by atoms with E-state index < -0.39 is 18.2 Å². The van der Waals surface area contributed by atoms with Gasteiger partial charge in [0.25, 0.3) is 0 Å². The number of hydrogen-bond acceptors (Lipinski definition) is 3. The summed E-state index contributed by atoms with van der Waals surface area (Å²) in [6, 6.07) is 0. The van der Waals surface area contributed by atoms with Crippen molar-refractivity contribution in [3.8, 4) is 0 Å². The molecule has 82 valence electrons. The zero-order valence-corrected chi connectivity index (χ0v) is 7.51. The van der Waals surface area contributed by atoms with Crippen molar-refractivity contribution in [2.75, 3.05) is 6.61 Å². The van der Waals surface area contributed by atoms with E-state index in [1.165, 1.54) is 0 Å². The second-order valence-electron chi connectivity index (χ2n) is 3.60. The van der Waals surface area contributed by atoms with Crippen LogP contribution < -0.4 is 0 Å². The summed E-state index contributed by atoms with van der Waals surface area (Å²) in [5.41, 5.74) is -1.63. The summed E-state index contributed by atoms with van der Waals surface area (Å²) in [7, 11) is 0. The van der Waals surface area contributed by atoms with E-state index in [4.69, 9.17) is 10.3 Å². The number of oxime groups is 1. The molecule has 1 aliphatic rings. The molecule has 6 heteroatoms. The Kier molecular flexibility index (Phi) is 3.04. The highest BCUT2D eigenvalue weighted by Gasteiger charge is 2.54. The van der Waals surface area contributed by atoms with Gasteiger partial charge in [0.2, 0.25) is 0 Å². The highest BCUT2D eigenvalue weighted by atomic mass is 19.4. The van der Waals surface area contributed by atoms with Crippen LogP contribution in [0.5, 0.6) is 0 Å². The Labute approximate surface area is 79.2 Å². The van der Waals surface area contributed by atoms with Gasteiger partial charge in [0, 0.05) is 0 Å². The van der Waals surface area contributed by atoms with Gasteiger partial charge in [-0.3, -0.25) is 0 Å². The SMILES string of the molecule is OCC1(C(F)(F)F)CCC(=NO)CC1. The lowest BCUT2D eigenvalue weighted by Gasteiger charge is -2.37. The first-order valence-corrected chi connectivity index (χ1v) is 4.32. The summed E-state index contributed by atoms with van der Waals surface area (Å²) in [5, 5.41) is 20.1. The maximum Gasteiger partial charge on any atom is 0.396 e. The van der Waals surface area contributed by atoms with Gasteiger partial charge in [0.05, 0.1) is 17.7 Å². The van der Waals surface area contributed by atoms with Crippen molar-refractivity contribution in [2.24, 2.45) is 10.6 Å². The van der Waals surface area contributed by atoms with Gasteiger partial charge in [0.1, 0.15) is 0 Å². The molecule has 1 saturated carbocycles. The van der Waals surface area contributed by atoms with E-state index >= 15 is 0 Å². The van der Waals surface area contributed by atoms with E-state index in [9.17, 15) is 13.2 Å². The maximum atomic E-state index is 12.6. The average molecular weight is 211 g/mol. The Hall–Kier alpha value is -0.780. The summed E-state index contributed by atoms with van der Waals surface area (Å²) >= 11 is 0. The standard InChI is InChI=1S/C8H12F3NO2/c9-8(10,11)7(5-13)3-1-6(12-14)2-4-7/h13-14H,1-5H2. The third-order valence-corrected chi connectivity index (χ3v) is 2.83. The minimum Gasteiger partial charge on any atom is -0.411 e. The van der Waals surface area contributed by atoms with Gasteiger partial charge in [-0.1, -0.05) is 5.16 Å². The van der Waals surface area contributed by atoms with Crippen LogP contribution in [0.25, 0.3) is 0 Å². The van der Waals surface area contributed by atoms with Gasteiger partial charge >= 0.3 is 6.18 Å². The molecule has 14 heavy (non-hydrogen) atoms. The van der Waals surface area contributed by atoms with Crippen LogP contribution in [0.15, 0.2) is 5.16 Å². The molecule has 0 aromatic heterocycles. The smallest absolute Gasteiger partial charge is 0.396 e. The largest absolute Gasteiger partial charge is 0.411 e. The number of nitrogens with zero attached hydrogens (tertiary/aromatic N) is 1. The van der Waals surface area contributed by atoms with E-state index in [-0.39, 0.29) is 25.7 Å². The Morgan fingerprint density at radius 1 is 1.29 bits per heavy atom. The van der Waals surface area contributed by atoms with Gasteiger partial charge in [-0.15, -0.1) is 0 Å². The topological polar surface area (TPSA) is 52.8 Å². The van der Waals surface area contributed by atoms with Gasteiger partial charge in [0.15, 0.2) is 0 Å². The Bertz CT molecular complexity index is 227. The van der Waals surface area contributed by atoms with Crippen LogP contribution in [0.1, 0.15) is 25.7 Å². The number of hydrogen-bond donors (Lipinski definition) is 2. The summed E-state index contributed by atoms with van der Waals surface area (Å²) in [4.78, 5) is 0. The van der Waals surface area contributed by atoms with Crippen LogP contribution in [0, 0.1) is 5.41 Å². The van der Waals surface area contributed by atoms with Crippen molar-refractivity contribution in [1.82, 2.24) is 0 Å². The molecule has 0 aromatic carbocycles. The fourth-order valence-corrected chi connectivity index (χ4v) is 1.65. The zero-order valence-electron chi connectivity index (χ0n) is 7.51. The molecular weight excluding hydrogens is 199 g/mol. The number of aliphatic hydroxyl groups excluding tert-OH is 1. The fraction of sp³-hybridized carbons (Fsp3) is 0.875. The van der Waals surface area contributed by atoms with E-state index in [1.807, 2.05) is 0 Å². The molecule has 0 aliphatic heterocycles. The minimum atomic E-state index is -4.39. The van der Waals surface area contributed by atoms with Crippen LogP contribution in [-0.4, -0.2) is 28.8 Å². The number of alkyl halides is 3. The minimum absolute atomic E-state index is 0.0938. The molecule has 0 atom stereocenters.